The van der Waals surface area contributed by atoms with Crippen LogP contribution in [0.4, 0.5) is 0 Å². The fourth-order valence-corrected chi connectivity index (χ4v) is 5.78. The van der Waals surface area contributed by atoms with Crippen molar-refractivity contribution in [1.82, 2.24) is 19.8 Å². The van der Waals surface area contributed by atoms with Gasteiger partial charge < -0.3 is 14.8 Å². The van der Waals surface area contributed by atoms with Crippen LogP contribution in [0.15, 0.2) is 58.5 Å². The molecule has 2 aliphatic heterocycles. The van der Waals surface area contributed by atoms with Gasteiger partial charge in [-0.1, -0.05) is 42.1 Å². The summed E-state index contributed by atoms with van der Waals surface area (Å²) in [4.78, 5) is 46.3. The molecule has 2 aromatic carbocycles. The Hall–Kier alpha value is -3.05. The van der Waals surface area contributed by atoms with Crippen LogP contribution in [0.2, 0.25) is 0 Å². The molecule has 5 rings (SSSR count). The Bertz CT molecular complexity index is 1350. The van der Waals surface area contributed by atoms with Crippen molar-refractivity contribution in [3.63, 3.8) is 0 Å². The Kier molecular flexibility index (Phi) is 9.41. The molecule has 0 aliphatic carbocycles. The van der Waals surface area contributed by atoms with Gasteiger partial charge in [-0.15, -0.1) is 0 Å². The van der Waals surface area contributed by atoms with E-state index >= 15 is 0 Å². The Morgan fingerprint density at radius 1 is 1.05 bits per heavy atom. The molecule has 9 nitrogen and oxygen atoms in total. The molecule has 0 radical (unpaired) electrons. The number of Topliss-reactive ketones (excluding diaryl/α,β-unsaturated/α-hetero) is 1. The number of ether oxygens (including phenoxy) is 2. The summed E-state index contributed by atoms with van der Waals surface area (Å²) in [5.41, 5.74) is 1.32. The van der Waals surface area contributed by atoms with Crippen LogP contribution in [0.25, 0.3) is 10.9 Å². The minimum Gasteiger partial charge on any atom is -0.379 e. The zero-order valence-electron chi connectivity index (χ0n) is 22.0. The molecule has 2 aliphatic rings. The third-order valence-corrected chi connectivity index (χ3v) is 8.04. The maximum Gasteiger partial charge on any atom is 0.262 e. The summed E-state index contributed by atoms with van der Waals surface area (Å²) >= 11 is 1.24. The van der Waals surface area contributed by atoms with E-state index in [-0.39, 0.29) is 29.1 Å². The molecule has 1 N–H and O–H groups in total. The predicted molar refractivity (Wildman–Crippen MR) is 151 cm³/mol. The molecular formula is C29H34N4O5S. The lowest BCUT2D eigenvalue weighted by molar-refractivity contribution is 0.0374. The number of carbonyl (C=O) groups excluding carboxylic acids is 2. The van der Waals surface area contributed by atoms with Gasteiger partial charge in [0.05, 0.1) is 42.5 Å². The van der Waals surface area contributed by atoms with Gasteiger partial charge in [0.2, 0.25) is 0 Å². The highest BCUT2D eigenvalue weighted by Gasteiger charge is 2.21. The Morgan fingerprint density at radius 2 is 1.87 bits per heavy atom. The molecule has 2 fully saturated rings. The van der Waals surface area contributed by atoms with E-state index in [2.05, 4.69) is 10.2 Å². The number of fused-ring (bicyclic) bond motifs is 1. The first-order valence-electron chi connectivity index (χ1n) is 13.5. The third kappa shape index (κ3) is 7.13. The van der Waals surface area contributed by atoms with Gasteiger partial charge >= 0.3 is 0 Å². The standard InChI is InChI=1S/C29H34N4O5S/c34-26(21-6-2-1-3-7-21)20-39-29-31-25-18-22(27(35)30-11-5-12-32-13-16-37-17-14-32)9-10-24(25)28(36)33(29)19-23-8-4-15-38-23/h1-3,6-7,9-10,18,23H,4-5,8,11-17,19-20H2,(H,30,35). The lowest BCUT2D eigenvalue weighted by atomic mass is 10.1. The van der Waals surface area contributed by atoms with Crippen molar-refractivity contribution in [1.29, 1.82) is 0 Å². The average Bonchev–Trinajstić information content (AvgIpc) is 3.49. The van der Waals surface area contributed by atoms with E-state index in [1.54, 1.807) is 34.9 Å². The molecule has 1 unspecified atom stereocenters. The molecule has 0 saturated carbocycles. The van der Waals surface area contributed by atoms with Gasteiger partial charge in [-0.2, -0.15) is 0 Å². The largest absolute Gasteiger partial charge is 0.379 e. The Balaban J connectivity index is 1.32. The fourth-order valence-electron chi connectivity index (χ4n) is 4.87. The zero-order valence-corrected chi connectivity index (χ0v) is 22.8. The molecule has 1 aromatic heterocycles. The second kappa shape index (κ2) is 13.3. The number of rotatable bonds is 11. The number of nitrogens with one attached hydrogen (secondary N) is 1. The Labute approximate surface area is 231 Å². The van der Waals surface area contributed by atoms with Gasteiger partial charge in [-0.3, -0.25) is 23.9 Å². The molecule has 10 heteroatoms. The normalized spacial score (nSPS) is 17.9. The third-order valence-electron chi connectivity index (χ3n) is 7.06. The van der Waals surface area contributed by atoms with Crippen LogP contribution in [0.3, 0.4) is 0 Å². The van der Waals surface area contributed by atoms with E-state index < -0.39 is 0 Å². The first kappa shape index (κ1) is 27.5. The topological polar surface area (TPSA) is 103 Å². The summed E-state index contributed by atoms with van der Waals surface area (Å²) in [5, 5.41) is 3.87. The number of hydrogen-bond donors (Lipinski definition) is 1. The SMILES string of the molecule is O=C(CSc1nc2cc(C(=O)NCCCN3CCOCC3)ccc2c(=O)n1CC1CCCO1)c1ccccc1. The highest BCUT2D eigenvalue weighted by atomic mass is 32.2. The number of morpholine rings is 1. The summed E-state index contributed by atoms with van der Waals surface area (Å²) in [6, 6.07) is 14.1. The van der Waals surface area contributed by atoms with Crippen LogP contribution in [-0.4, -0.2) is 84.0 Å². The molecule has 2 saturated heterocycles. The molecule has 39 heavy (non-hydrogen) atoms. The van der Waals surface area contributed by atoms with E-state index in [9.17, 15) is 14.4 Å². The van der Waals surface area contributed by atoms with Crippen molar-refractivity contribution in [2.75, 3.05) is 51.8 Å². The highest BCUT2D eigenvalue weighted by Crippen LogP contribution is 2.22. The molecule has 0 spiro atoms. The van der Waals surface area contributed by atoms with Crippen molar-refractivity contribution in [2.24, 2.45) is 0 Å². The van der Waals surface area contributed by atoms with Crippen LogP contribution in [-0.2, 0) is 16.0 Å². The molecular weight excluding hydrogens is 516 g/mol. The first-order valence-corrected chi connectivity index (χ1v) is 14.5. The number of ketones is 1. The number of nitrogens with zero attached hydrogens (tertiary/aromatic N) is 3. The van der Waals surface area contributed by atoms with Crippen molar-refractivity contribution in [2.45, 2.75) is 37.1 Å². The summed E-state index contributed by atoms with van der Waals surface area (Å²) in [5.74, 6) is -0.0851. The van der Waals surface area contributed by atoms with Crippen molar-refractivity contribution < 1.29 is 19.1 Å². The zero-order chi connectivity index (χ0) is 27.0. The van der Waals surface area contributed by atoms with E-state index in [4.69, 9.17) is 14.5 Å². The average molecular weight is 551 g/mol. The lowest BCUT2D eigenvalue weighted by Gasteiger charge is -2.26. The van der Waals surface area contributed by atoms with Crippen LogP contribution in [0.5, 0.6) is 0 Å². The second-order valence-corrected chi connectivity index (χ2v) is 10.8. The summed E-state index contributed by atoms with van der Waals surface area (Å²) in [6.45, 7) is 5.90. The van der Waals surface area contributed by atoms with Gasteiger partial charge in [0.25, 0.3) is 11.5 Å². The summed E-state index contributed by atoms with van der Waals surface area (Å²) in [6.07, 6.45) is 2.62. The van der Waals surface area contributed by atoms with Gasteiger partial charge in [-0.25, -0.2) is 4.98 Å². The number of thioether (sulfide) groups is 1. The summed E-state index contributed by atoms with van der Waals surface area (Å²) < 4.78 is 12.8. The number of hydrogen-bond acceptors (Lipinski definition) is 8. The van der Waals surface area contributed by atoms with Gasteiger partial charge in [-0.05, 0) is 44.0 Å². The van der Waals surface area contributed by atoms with Gasteiger partial charge in [0.15, 0.2) is 10.9 Å². The second-order valence-electron chi connectivity index (χ2n) is 9.82. The van der Waals surface area contributed by atoms with E-state index in [1.165, 1.54) is 11.8 Å². The van der Waals surface area contributed by atoms with E-state index in [0.29, 0.717) is 46.9 Å². The van der Waals surface area contributed by atoms with Crippen LogP contribution < -0.4 is 10.9 Å². The number of aromatic nitrogens is 2. The smallest absolute Gasteiger partial charge is 0.262 e. The van der Waals surface area contributed by atoms with Crippen LogP contribution in [0, 0.1) is 0 Å². The van der Waals surface area contributed by atoms with Crippen molar-refractivity contribution in [3.05, 3.63) is 70.0 Å². The minimum absolute atomic E-state index is 0.0381. The minimum atomic E-state index is -0.197. The molecule has 1 amide bonds. The summed E-state index contributed by atoms with van der Waals surface area (Å²) in [7, 11) is 0. The van der Waals surface area contributed by atoms with E-state index in [1.807, 2.05) is 18.2 Å². The molecule has 0 bridgehead atoms. The maximum absolute atomic E-state index is 13.5. The first-order chi connectivity index (χ1) is 19.1. The lowest BCUT2D eigenvalue weighted by Crippen LogP contribution is -2.38. The van der Waals surface area contributed by atoms with Crippen molar-refractivity contribution >= 4 is 34.4 Å². The van der Waals surface area contributed by atoms with Gasteiger partial charge in [0, 0.05) is 37.4 Å². The predicted octanol–water partition coefficient (Wildman–Crippen LogP) is 3.00. The van der Waals surface area contributed by atoms with Crippen LogP contribution in [0.1, 0.15) is 40.0 Å². The molecule has 206 valence electrons. The number of carbonyl (C=O) groups is 2. The monoisotopic (exact) mass is 550 g/mol. The Morgan fingerprint density at radius 3 is 2.64 bits per heavy atom. The van der Waals surface area contributed by atoms with Gasteiger partial charge in [0.1, 0.15) is 0 Å². The molecule has 3 aromatic rings. The molecule has 1 atom stereocenters. The fraction of sp³-hybridized carbons (Fsp3) is 0.448. The quantitative estimate of drug-likeness (QED) is 0.168. The maximum atomic E-state index is 13.5. The van der Waals surface area contributed by atoms with Crippen LogP contribution >= 0.6 is 11.8 Å². The number of amides is 1. The molecule has 3 heterocycles. The highest BCUT2D eigenvalue weighted by molar-refractivity contribution is 7.99. The number of benzene rings is 2. The van der Waals surface area contributed by atoms with E-state index in [0.717, 1.165) is 52.1 Å². The van der Waals surface area contributed by atoms with Crippen molar-refractivity contribution in [3.8, 4) is 0 Å².